The minimum absolute atomic E-state index is 0.220. The summed E-state index contributed by atoms with van der Waals surface area (Å²) < 4.78 is 1.99. The molecule has 156 valence electrons. The highest BCUT2D eigenvalue weighted by atomic mass is 16.2. The summed E-state index contributed by atoms with van der Waals surface area (Å²) in [6, 6.07) is 26.9. The van der Waals surface area contributed by atoms with Crippen LogP contribution >= 0.6 is 0 Å². The van der Waals surface area contributed by atoms with E-state index in [1.165, 1.54) is 0 Å². The van der Waals surface area contributed by atoms with Gasteiger partial charge in [0, 0.05) is 24.2 Å². The summed E-state index contributed by atoms with van der Waals surface area (Å²) in [6.07, 6.45) is 1.80. The van der Waals surface area contributed by atoms with E-state index in [0.717, 1.165) is 28.1 Å². The van der Waals surface area contributed by atoms with E-state index in [1.807, 2.05) is 103 Å². The molecule has 0 unspecified atom stereocenters. The van der Waals surface area contributed by atoms with Crippen molar-refractivity contribution >= 4 is 11.6 Å². The summed E-state index contributed by atoms with van der Waals surface area (Å²) >= 11 is 0. The Balaban J connectivity index is 1.55. The van der Waals surface area contributed by atoms with E-state index in [9.17, 15) is 4.79 Å². The van der Waals surface area contributed by atoms with Gasteiger partial charge in [0.25, 0.3) is 0 Å². The zero-order valence-electron chi connectivity index (χ0n) is 17.7. The number of hydrogen-bond donors (Lipinski definition) is 2. The van der Waals surface area contributed by atoms with Crippen LogP contribution in [0.2, 0.25) is 0 Å². The second kappa shape index (κ2) is 8.98. The van der Waals surface area contributed by atoms with Crippen LogP contribution in [0.15, 0.2) is 91.3 Å². The number of nitrogens with two attached hydrogens (primary N) is 1. The van der Waals surface area contributed by atoms with Crippen molar-refractivity contribution in [1.82, 2.24) is 9.55 Å². The predicted octanol–water partition coefficient (Wildman–Crippen LogP) is 4.49. The van der Waals surface area contributed by atoms with E-state index in [2.05, 4.69) is 10.3 Å². The van der Waals surface area contributed by atoms with Gasteiger partial charge in [-0.2, -0.15) is 0 Å². The first-order valence-electron chi connectivity index (χ1n) is 10.3. The number of aryl methyl sites for hydroxylation is 2. The van der Waals surface area contributed by atoms with Crippen molar-refractivity contribution in [2.75, 3.05) is 5.32 Å². The Morgan fingerprint density at radius 1 is 0.903 bits per heavy atom. The molecular formula is C26H26N4O. The summed E-state index contributed by atoms with van der Waals surface area (Å²) in [6.45, 7) is 1.98. The highest BCUT2D eigenvalue weighted by Gasteiger charge is 2.27. The van der Waals surface area contributed by atoms with Crippen LogP contribution in [0.1, 0.15) is 22.7 Å². The largest absolute Gasteiger partial charge is 0.334 e. The maximum Gasteiger partial charge on any atom is 0.242 e. The van der Waals surface area contributed by atoms with Gasteiger partial charge in [-0.15, -0.1) is 0 Å². The fraction of sp³-hybridized carbons (Fsp3) is 0.154. The highest BCUT2D eigenvalue weighted by Crippen LogP contribution is 2.28. The average molecular weight is 411 g/mol. The standard InChI is InChI=1S/C26H26N4O/c1-18-25(30(2)17-28-18)21-13-15-22(16-14-21)29-26(31)24(27)23(19-9-5-3-6-10-19)20-11-7-4-8-12-20/h3-17,23-24H,27H2,1-2H3,(H,29,31)/t24-/m0/s1. The number of rotatable bonds is 6. The summed E-state index contributed by atoms with van der Waals surface area (Å²) in [7, 11) is 1.97. The number of amides is 1. The molecule has 0 aliphatic carbocycles. The average Bonchev–Trinajstić information content (AvgIpc) is 3.14. The molecule has 0 bridgehead atoms. The summed E-state index contributed by atoms with van der Waals surface area (Å²) in [5, 5.41) is 2.98. The first kappa shape index (κ1) is 20.6. The van der Waals surface area contributed by atoms with Crippen LogP contribution in [0, 0.1) is 6.92 Å². The molecule has 0 radical (unpaired) electrons. The smallest absolute Gasteiger partial charge is 0.242 e. The molecule has 4 aromatic rings. The van der Waals surface area contributed by atoms with E-state index in [4.69, 9.17) is 5.73 Å². The number of nitrogens with zero attached hydrogens (tertiary/aromatic N) is 2. The lowest BCUT2D eigenvalue weighted by atomic mass is 9.85. The second-order valence-electron chi connectivity index (χ2n) is 7.68. The molecule has 0 aliphatic heterocycles. The monoisotopic (exact) mass is 410 g/mol. The van der Waals surface area contributed by atoms with Gasteiger partial charge in [-0.3, -0.25) is 4.79 Å². The van der Waals surface area contributed by atoms with Crippen molar-refractivity contribution in [3.63, 3.8) is 0 Å². The minimum atomic E-state index is -0.733. The maximum atomic E-state index is 13.1. The number of aromatic nitrogens is 2. The number of imidazole rings is 1. The molecule has 0 saturated heterocycles. The minimum Gasteiger partial charge on any atom is -0.334 e. The van der Waals surface area contributed by atoms with E-state index < -0.39 is 6.04 Å². The highest BCUT2D eigenvalue weighted by molar-refractivity contribution is 5.96. The predicted molar refractivity (Wildman–Crippen MR) is 125 cm³/mol. The fourth-order valence-electron chi connectivity index (χ4n) is 3.98. The number of carbonyl (C=O) groups is 1. The van der Waals surface area contributed by atoms with Crippen molar-refractivity contribution in [3.05, 3.63) is 108 Å². The zero-order valence-corrected chi connectivity index (χ0v) is 17.7. The maximum absolute atomic E-state index is 13.1. The molecule has 1 aromatic heterocycles. The van der Waals surface area contributed by atoms with Crippen molar-refractivity contribution < 1.29 is 4.79 Å². The SMILES string of the molecule is Cc1ncn(C)c1-c1ccc(NC(=O)[C@@H](N)C(c2ccccc2)c2ccccc2)cc1. The van der Waals surface area contributed by atoms with E-state index in [1.54, 1.807) is 6.33 Å². The molecule has 0 spiro atoms. The van der Waals surface area contributed by atoms with Gasteiger partial charge in [-0.25, -0.2) is 4.98 Å². The first-order valence-corrected chi connectivity index (χ1v) is 10.3. The van der Waals surface area contributed by atoms with Crippen molar-refractivity contribution in [3.8, 4) is 11.3 Å². The molecule has 0 saturated carbocycles. The Labute approximate surface area is 182 Å². The van der Waals surface area contributed by atoms with Gasteiger partial charge < -0.3 is 15.6 Å². The van der Waals surface area contributed by atoms with Gasteiger partial charge in [0.2, 0.25) is 5.91 Å². The molecule has 0 aliphatic rings. The number of anilines is 1. The third kappa shape index (κ3) is 4.42. The van der Waals surface area contributed by atoms with Crippen LogP contribution in [-0.2, 0) is 11.8 Å². The Bertz CT molecular complexity index is 1090. The van der Waals surface area contributed by atoms with Crippen LogP contribution in [-0.4, -0.2) is 21.5 Å². The second-order valence-corrected chi connectivity index (χ2v) is 7.68. The van der Waals surface area contributed by atoms with Crippen LogP contribution in [0.4, 0.5) is 5.69 Å². The molecular weight excluding hydrogens is 384 g/mol. The van der Waals surface area contributed by atoms with Crippen LogP contribution in [0.25, 0.3) is 11.3 Å². The van der Waals surface area contributed by atoms with Gasteiger partial charge in [-0.1, -0.05) is 72.8 Å². The van der Waals surface area contributed by atoms with Crippen molar-refractivity contribution in [2.24, 2.45) is 12.8 Å². The molecule has 4 rings (SSSR count). The molecule has 3 N–H and O–H groups in total. The molecule has 5 heteroatoms. The van der Waals surface area contributed by atoms with Crippen LogP contribution in [0.3, 0.4) is 0 Å². The lowest BCUT2D eigenvalue weighted by Crippen LogP contribution is -2.41. The van der Waals surface area contributed by atoms with E-state index >= 15 is 0 Å². The van der Waals surface area contributed by atoms with Gasteiger partial charge in [-0.05, 0) is 30.2 Å². The zero-order chi connectivity index (χ0) is 21.8. The quantitative estimate of drug-likeness (QED) is 0.492. The first-order chi connectivity index (χ1) is 15.0. The third-order valence-corrected chi connectivity index (χ3v) is 5.53. The Morgan fingerprint density at radius 2 is 1.45 bits per heavy atom. The molecule has 31 heavy (non-hydrogen) atoms. The lowest BCUT2D eigenvalue weighted by Gasteiger charge is -2.24. The number of hydrogen-bond acceptors (Lipinski definition) is 3. The molecule has 3 aromatic carbocycles. The van der Waals surface area contributed by atoms with E-state index in [-0.39, 0.29) is 11.8 Å². The molecule has 1 amide bonds. The molecule has 1 atom stereocenters. The van der Waals surface area contributed by atoms with Gasteiger partial charge >= 0.3 is 0 Å². The molecule has 1 heterocycles. The Hall–Kier alpha value is -3.70. The number of benzene rings is 3. The van der Waals surface area contributed by atoms with Crippen LogP contribution < -0.4 is 11.1 Å². The number of nitrogens with one attached hydrogen (secondary N) is 1. The summed E-state index contributed by atoms with van der Waals surface area (Å²) in [4.78, 5) is 17.4. The van der Waals surface area contributed by atoms with Gasteiger partial charge in [0.1, 0.15) is 0 Å². The topological polar surface area (TPSA) is 72.9 Å². The lowest BCUT2D eigenvalue weighted by molar-refractivity contribution is -0.117. The van der Waals surface area contributed by atoms with Crippen molar-refractivity contribution in [2.45, 2.75) is 18.9 Å². The Morgan fingerprint density at radius 3 is 1.94 bits per heavy atom. The fourth-order valence-corrected chi connectivity index (χ4v) is 3.98. The van der Waals surface area contributed by atoms with Crippen molar-refractivity contribution in [1.29, 1.82) is 0 Å². The Kier molecular flexibility index (Phi) is 5.96. The third-order valence-electron chi connectivity index (χ3n) is 5.53. The molecule has 0 fully saturated rings. The summed E-state index contributed by atoms with van der Waals surface area (Å²) in [5.74, 6) is -0.457. The molecule has 5 nitrogen and oxygen atoms in total. The van der Waals surface area contributed by atoms with Crippen LogP contribution in [0.5, 0.6) is 0 Å². The number of carbonyl (C=O) groups excluding carboxylic acids is 1. The van der Waals surface area contributed by atoms with Gasteiger partial charge in [0.15, 0.2) is 0 Å². The van der Waals surface area contributed by atoms with E-state index in [0.29, 0.717) is 5.69 Å². The normalized spacial score (nSPS) is 12.0. The summed E-state index contributed by atoms with van der Waals surface area (Å²) in [5.41, 5.74) is 12.3. The van der Waals surface area contributed by atoms with Gasteiger partial charge in [0.05, 0.1) is 23.8 Å².